The fourth-order valence-corrected chi connectivity index (χ4v) is 1.61. The van der Waals surface area contributed by atoms with Gasteiger partial charge in [-0.2, -0.15) is 0 Å². The molecule has 92 valence electrons. The third-order valence-corrected chi connectivity index (χ3v) is 2.44. The first kappa shape index (κ1) is 11.6. The van der Waals surface area contributed by atoms with Gasteiger partial charge in [-0.3, -0.25) is 0 Å². The van der Waals surface area contributed by atoms with E-state index in [0.29, 0.717) is 13.2 Å². The average Bonchev–Trinajstić information content (AvgIpc) is 2.76. The van der Waals surface area contributed by atoms with Gasteiger partial charge >= 0.3 is 6.09 Å². The van der Waals surface area contributed by atoms with E-state index in [0.717, 1.165) is 17.1 Å². The summed E-state index contributed by atoms with van der Waals surface area (Å²) in [5.74, 6) is 1.47. The molecule has 0 radical (unpaired) electrons. The van der Waals surface area contributed by atoms with Crippen molar-refractivity contribution in [3.8, 4) is 11.5 Å². The second-order valence-corrected chi connectivity index (χ2v) is 3.74. The van der Waals surface area contributed by atoms with Crippen LogP contribution in [0.25, 0.3) is 0 Å². The largest absolute Gasteiger partial charge is 0.454 e. The summed E-state index contributed by atoms with van der Waals surface area (Å²) in [6.45, 7) is 2.90. The monoisotopic (exact) mass is 237 g/mol. The molecule has 5 heteroatoms. The highest BCUT2D eigenvalue weighted by Crippen LogP contribution is 2.32. The quantitative estimate of drug-likeness (QED) is 0.806. The summed E-state index contributed by atoms with van der Waals surface area (Å²) in [7, 11) is 1.70. The van der Waals surface area contributed by atoms with Crippen LogP contribution >= 0.6 is 0 Å². The van der Waals surface area contributed by atoms with Gasteiger partial charge in [0.15, 0.2) is 11.5 Å². The molecule has 5 nitrogen and oxygen atoms in total. The van der Waals surface area contributed by atoms with Crippen molar-refractivity contribution in [3.63, 3.8) is 0 Å². The van der Waals surface area contributed by atoms with Crippen molar-refractivity contribution in [3.05, 3.63) is 23.8 Å². The first-order valence-electron chi connectivity index (χ1n) is 5.47. The number of hydrogen-bond donors (Lipinski definition) is 0. The molecule has 0 saturated carbocycles. The minimum atomic E-state index is -0.329. The molecule has 0 atom stereocenters. The lowest BCUT2D eigenvalue weighted by Gasteiger charge is -2.16. The van der Waals surface area contributed by atoms with E-state index in [1.165, 1.54) is 4.90 Å². The lowest BCUT2D eigenvalue weighted by atomic mass is 10.2. The minimum Gasteiger partial charge on any atom is -0.454 e. The Morgan fingerprint density at radius 1 is 1.41 bits per heavy atom. The summed E-state index contributed by atoms with van der Waals surface area (Å²) in [4.78, 5) is 12.9. The first-order chi connectivity index (χ1) is 8.20. The van der Waals surface area contributed by atoms with E-state index in [1.807, 2.05) is 18.2 Å². The van der Waals surface area contributed by atoms with Gasteiger partial charge in [0.1, 0.15) is 0 Å². The molecule has 1 aromatic carbocycles. The Morgan fingerprint density at radius 3 is 2.94 bits per heavy atom. The second-order valence-electron chi connectivity index (χ2n) is 3.74. The molecule has 0 unspecified atom stereocenters. The number of rotatable bonds is 3. The van der Waals surface area contributed by atoms with Crippen molar-refractivity contribution in [1.82, 2.24) is 4.90 Å². The van der Waals surface area contributed by atoms with Gasteiger partial charge in [-0.1, -0.05) is 6.07 Å². The van der Waals surface area contributed by atoms with Crippen molar-refractivity contribution in [2.75, 3.05) is 20.4 Å². The van der Waals surface area contributed by atoms with Crippen molar-refractivity contribution in [2.24, 2.45) is 0 Å². The summed E-state index contributed by atoms with van der Waals surface area (Å²) in [6, 6.07) is 5.62. The molecule has 0 N–H and O–H groups in total. The number of fused-ring (bicyclic) bond motifs is 1. The topological polar surface area (TPSA) is 48.0 Å². The normalized spacial score (nSPS) is 12.4. The lowest BCUT2D eigenvalue weighted by Crippen LogP contribution is -2.26. The zero-order valence-corrected chi connectivity index (χ0v) is 9.93. The maximum atomic E-state index is 11.4. The smallest absolute Gasteiger partial charge is 0.409 e. The summed E-state index contributed by atoms with van der Waals surface area (Å²) in [5, 5.41) is 0. The number of carbonyl (C=O) groups excluding carboxylic acids is 1. The Hall–Kier alpha value is -1.91. The van der Waals surface area contributed by atoms with Crippen molar-refractivity contribution < 1.29 is 19.0 Å². The van der Waals surface area contributed by atoms with Crippen molar-refractivity contribution in [2.45, 2.75) is 13.5 Å². The molecule has 1 aromatic rings. The Bertz CT molecular complexity index is 419. The van der Waals surface area contributed by atoms with Crippen molar-refractivity contribution in [1.29, 1.82) is 0 Å². The molecule has 0 saturated heterocycles. The van der Waals surface area contributed by atoms with Gasteiger partial charge < -0.3 is 19.1 Å². The molecule has 1 amide bonds. The lowest BCUT2D eigenvalue weighted by molar-refractivity contribution is 0.114. The van der Waals surface area contributed by atoms with Crippen LogP contribution in [0.5, 0.6) is 11.5 Å². The van der Waals surface area contributed by atoms with E-state index in [1.54, 1.807) is 14.0 Å². The maximum absolute atomic E-state index is 11.4. The van der Waals surface area contributed by atoms with Gasteiger partial charge in [0.05, 0.1) is 6.61 Å². The molecule has 1 aliphatic rings. The zero-order chi connectivity index (χ0) is 12.3. The Balaban J connectivity index is 2.01. The molecular weight excluding hydrogens is 222 g/mol. The number of carbonyl (C=O) groups is 1. The van der Waals surface area contributed by atoms with Gasteiger partial charge in [-0.05, 0) is 24.6 Å². The molecule has 0 aliphatic carbocycles. The van der Waals surface area contributed by atoms with E-state index < -0.39 is 0 Å². The fourth-order valence-electron chi connectivity index (χ4n) is 1.61. The average molecular weight is 237 g/mol. The van der Waals surface area contributed by atoms with E-state index in [2.05, 4.69) is 0 Å². The fraction of sp³-hybridized carbons (Fsp3) is 0.417. The van der Waals surface area contributed by atoms with Gasteiger partial charge in [-0.25, -0.2) is 4.79 Å². The molecule has 1 heterocycles. The minimum absolute atomic E-state index is 0.256. The van der Waals surface area contributed by atoms with Crippen LogP contribution in [-0.4, -0.2) is 31.4 Å². The SMILES string of the molecule is CCOC(=O)N(C)Cc1ccc2c(c1)OCO2. The molecule has 17 heavy (non-hydrogen) atoms. The van der Waals surface area contributed by atoms with Crippen LogP contribution in [0, 0.1) is 0 Å². The van der Waals surface area contributed by atoms with Gasteiger partial charge in [0.2, 0.25) is 6.79 Å². The summed E-state index contributed by atoms with van der Waals surface area (Å²) >= 11 is 0. The van der Waals surface area contributed by atoms with Crippen molar-refractivity contribution >= 4 is 6.09 Å². The maximum Gasteiger partial charge on any atom is 0.409 e. The van der Waals surface area contributed by atoms with Gasteiger partial charge in [0, 0.05) is 13.6 Å². The van der Waals surface area contributed by atoms with Crippen LogP contribution in [0.2, 0.25) is 0 Å². The van der Waals surface area contributed by atoms with Crippen LogP contribution < -0.4 is 9.47 Å². The first-order valence-corrected chi connectivity index (χ1v) is 5.47. The Morgan fingerprint density at radius 2 is 2.18 bits per heavy atom. The highest BCUT2D eigenvalue weighted by Gasteiger charge is 2.15. The number of nitrogens with zero attached hydrogens (tertiary/aromatic N) is 1. The van der Waals surface area contributed by atoms with Gasteiger partial charge in [0.25, 0.3) is 0 Å². The molecule has 0 fully saturated rings. The Kier molecular flexibility index (Phi) is 3.37. The van der Waals surface area contributed by atoms with Crippen LogP contribution in [0.4, 0.5) is 4.79 Å². The highest BCUT2D eigenvalue weighted by molar-refractivity contribution is 5.67. The summed E-state index contributed by atoms with van der Waals surface area (Å²) in [6.07, 6.45) is -0.329. The predicted molar refractivity (Wildman–Crippen MR) is 61.1 cm³/mol. The zero-order valence-electron chi connectivity index (χ0n) is 9.93. The van der Waals surface area contributed by atoms with E-state index in [4.69, 9.17) is 14.2 Å². The summed E-state index contributed by atoms with van der Waals surface area (Å²) < 4.78 is 15.4. The molecule has 1 aliphatic heterocycles. The molecule has 0 bridgehead atoms. The van der Waals surface area contributed by atoms with Crippen LogP contribution in [0.3, 0.4) is 0 Å². The Labute approximate surface area is 99.9 Å². The van der Waals surface area contributed by atoms with E-state index in [9.17, 15) is 4.79 Å². The summed E-state index contributed by atoms with van der Waals surface area (Å²) in [5.41, 5.74) is 0.977. The van der Waals surface area contributed by atoms with Crippen LogP contribution in [0.15, 0.2) is 18.2 Å². The number of hydrogen-bond acceptors (Lipinski definition) is 4. The van der Waals surface area contributed by atoms with Gasteiger partial charge in [-0.15, -0.1) is 0 Å². The third-order valence-electron chi connectivity index (χ3n) is 2.44. The standard InChI is InChI=1S/C12H15NO4/c1-3-15-12(14)13(2)7-9-4-5-10-11(6-9)17-8-16-10/h4-6H,3,7-8H2,1-2H3. The molecule has 0 spiro atoms. The van der Waals surface area contributed by atoms with E-state index in [-0.39, 0.29) is 12.9 Å². The third kappa shape index (κ3) is 2.61. The molecular formula is C12H15NO4. The molecule has 2 rings (SSSR count). The highest BCUT2D eigenvalue weighted by atomic mass is 16.7. The number of amides is 1. The molecule has 0 aromatic heterocycles. The van der Waals surface area contributed by atoms with Crippen LogP contribution in [0.1, 0.15) is 12.5 Å². The number of benzene rings is 1. The van der Waals surface area contributed by atoms with Crippen LogP contribution in [-0.2, 0) is 11.3 Å². The second kappa shape index (κ2) is 4.95. The van der Waals surface area contributed by atoms with E-state index >= 15 is 0 Å². The predicted octanol–water partition coefficient (Wildman–Crippen LogP) is 2.00. The number of ether oxygens (including phenoxy) is 3.